The number of carbonyl (C=O) groups is 4. The Hall–Kier alpha value is -3.38. The van der Waals surface area contributed by atoms with E-state index in [1.807, 2.05) is 19.9 Å². The Balaban J connectivity index is 2.66. The number of amides is 2. The highest BCUT2D eigenvalue weighted by Gasteiger charge is 2.36. The number of rotatable bonds is 5. The van der Waals surface area contributed by atoms with Gasteiger partial charge in [-0.3, -0.25) is 14.4 Å². The second-order valence-corrected chi connectivity index (χ2v) is 10.2. The monoisotopic (exact) mass is 574 g/mol. The lowest BCUT2D eigenvalue weighted by molar-refractivity contribution is -0.120. The highest BCUT2D eigenvalue weighted by Crippen LogP contribution is 2.30. The molecule has 11 nitrogen and oxygen atoms in total. The molecule has 2 bridgehead atoms. The van der Waals surface area contributed by atoms with Crippen LogP contribution in [0.25, 0.3) is 0 Å². The zero-order valence-corrected chi connectivity index (χ0v) is 25.0. The van der Waals surface area contributed by atoms with E-state index in [-0.39, 0.29) is 28.7 Å². The Morgan fingerprint density at radius 1 is 0.951 bits per heavy atom. The zero-order valence-electron chi connectivity index (χ0n) is 25.0. The standard InChI is InChI=1S/C30H42N2O9/c1-16-10-9-11-23(37-5)28(41-30(31)36)18(3)12-17(2)27(40-8)24(38-6)13-19(4)26(39-7)21-14-20(33)15-22(25(21)34)32-29(16)35/h9-12,14-15,17,19,23-24,26-28H,13H2,1-8H3,(H2,31,36)(H,32,35)/b11-9-,16-10+,18-12+/t17-,19+,23+,24-,26+,27+,28+/m0/s1. The van der Waals surface area contributed by atoms with Crippen molar-refractivity contribution in [2.45, 2.75) is 64.6 Å². The molecule has 11 heteroatoms. The van der Waals surface area contributed by atoms with Crippen LogP contribution in [0.2, 0.25) is 0 Å². The fourth-order valence-electron chi connectivity index (χ4n) is 5.21. The van der Waals surface area contributed by atoms with E-state index >= 15 is 0 Å². The van der Waals surface area contributed by atoms with Crippen LogP contribution in [-0.2, 0) is 38.1 Å². The molecule has 2 aliphatic rings. The van der Waals surface area contributed by atoms with Crippen molar-refractivity contribution in [1.29, 1.82) is 0 Å². The van der Waals surface area contributed by atoms with Crippen LogP contribution < -0.4 is 11.1 Å². The molecular weight excluding hydrogens is 532 g/mol. The van der Waals surface area contributed by atoms with E-state index in [0.717, 1.165) is 6.08 Å². The number of nitrogens with two attached hydrogens (primary N) is 1. The van der Waals surface area contributed by atoms with Gasteiger partial charge in [-0.05, 0) is 37.8 Å². The molecule has 7 atom stereocenters. The second kappa shape index (κ2) is 15.6. The average Bonchev–Trinajstić information content (AvgIpc) is 2.91. The number of allylic oxidation sites excluding steroid dienone is 5. The molecule has 226 valence electrons. The first kappa shape index (κ1) is 33.8. The van der Waals surface area contributed by atoms with Gasteiger partial charge in [-0.1, -0.05) is 38.2 Å². The van der Waals surface area contributed by atoms with Crippen molar-refractivity contribution >= 4 is 23.6 Å². The lowest BCUT2D eigenvalue weighted by atomic mass is 9.84. The highest BCUT2D eigenvalue weighted by molar-refractivity contribution is 6.22. The van der Waals surface area contributed by atoms with Crippen LogP contribution in [0.3, 0.4) is 0 Å². The van der Waals surface area contributed by atoms with Crippen LogP contribution in [0.1, 0.15) is 34.1 Å². The maximum atomic E-state index is 13.4. The topological polar surface area (TPSA) is 152 Å². The van der Waals surface area contributed by atoms with Gasteiger partial charge >= 0.3 is 6.09 Å². The van der Waals surface area contributed by atoms with Crippen molar-refractivity contribution in [2.24, 2.45) is 17.6 Å². The van der Waals surface area contributed by atoms with Crippen LogP contribution in [-0.4, -0.2) is 82.5 Å². The molecule has 1 aliphatic heterocycles. The number of ketones is 2. The Labute approximate surface area is 241 Å². The minimum absolute atomic E-state index is 0.141. The minimum atomic E-state index is -0.972. The van der Waals surface area contributed by atoms with E-state index in [2.05, 4.69) is 5.32 Å². The number of Topliss-reactive ketones (excluding diaryl/α,β-unsaturated/α-hetero) is 1. The largest absolute Gasteiger partial charge is 0.439 e. The molecule has 0 fully saturated rings. The summed E-state index contributed by atoms with van der Waals surface area (Å²) >= 11 is 0. The molecule has 1 aliphatic carbocycles. The molecule has 1 heterocycles. The molecule has 0 aromatic heterocycles. The van der Waals surface area contributed by atoms with Gasteiger partial charge < -0.3 is 34.7 Å². The van der Waals surface area contributed by atoms with Crippen molar-refractivity contribution in [3.8, 4) is 0 Å². The molecule has 0 radical (unpaired) electrons. The third-order valence-corrected chi connectivity index (χ3v) is 7.27. The SMILES string of the molecule is CO[C@H]1[C@@H](OC)C[C@@H](C)[C@@H](OC)C2=CC(=O)C=C(NC(=O)/C(C)=C/C=C\[C@@H](OC)[C@H](OC(N)=O)/C(C)=C/[C@@H]1C)C2=O. The number of hydrogen-bond acceptors (Lipinski definition) is 9. The van der Waals surface area contributed by atoms with Crippen molar-refractivity contribution in [3.63, 3.8) is 0 Å². The Morgan fingerprint density at radius 2 is 1.63 bits per heavy atom. The molecule has 0 unspecified atom stereocenters. The van der Waals surface area contributed by atoms with Crippen molar-refractivity contribution < 1.29 is 42.9 Å². The van der Waals surface area contributed by atoms with Gasteiger partial charge in [-0.15, -0.1) is 0 Å². The normalized spacial score (nSPS) is 33.9. The van der Waals surface area contributed by atoms with E-state index in [4.69, 9.17) is 29.4 Å². The van der Waals surface area contributed by atoms with Gasteiger partial charge in [-0.25, -0.2) is 4.79 Å². The van der Waals surface area contributed by atoms with E-state index in [1.54, 1.807) is 40.2 Å². The summed E-state index contributed by atoms with van der Waals surface area (Å²) in [6, 6.07) is 0. The smallest absolute Gasteiger partial charge is 0.405 e. The highest BCUT2D eigenvalue weighted by atomic mass is 16.6. The molecule has 3 N–H and O–H groups in total. The van der Waals surface area contributed by atoms with E-state index < -0.39 is 54.1 Å². The van der Waals surface area contributed by atoms with Crippen LogP contribution in [0.15, 0.2) is 58.9 Å². The number of methoxy groups -OCH3 is 4. The number of fused-ring (bicyclic) bond motifs is 2. The van der Waals surface area contributed by atoms with Gasteiger partial charge in [0, 0.05) is 51.6 Å². The predicted octanol–water partition coefficient (Wildman–Crippen LogP) is 2.71. The van der Waals surface area contributed by atoms with Crippen LogP contribution >= 0.6 is 0 Å². The molecular formula is C30H42N2O9. The summed E-state index contributed by atoms with van der Waals surface area (Å²) in [7, 11) is 6.05. The quantitative estimate of drug-likeness (QED) is 0.373. The molecule has 2 rings (SSSR count). The van der Waals surface area contributed by atoms with Crippen molar-refractivity contribution in [3.05, 3.63) is 58.9 Å². The summed E-state index contributed by atoms with van der Waals surface area (Å²) in [6.07, 6.45) is 5.11. The van der Waals surface area contributed by atoms with Gasteiger partial charge in [0.1, 0.15) is 6.10 Å². The summed E-state index contributed by atoms with van der Waals surface area (Å²) < 4.78 is 28.4. The Kier molecular flexibility index (Phi) is 12.8. The summed E-state index contributed by atoms with van der Waals surface area (Å²) in [5.74, 6) is -2.04. The fraction of sp³-hybridized carbons (Fsp3) is 0.533. The van der Waals surface area contributed by atoms with Gasteiger partial charge in [0.05, 0.1) is 24.0 Å². The molecule has 2 amide bonds. The second-order valence-electron chi connectivity index (χ2n) is 10.2. The van der Waals surface area contributed by atoms with E-state index in [1.165, 1.54) is 26.4 Å². The number of carbonyl (C=O) groups excluding carboxylic acids is 4. The maximum absolute atomic E-state index is 13.4. The predicted molar refractivity (Wildman–Crippen MR) is 152 cm³/mol. The molecule has 0 saturated carbocycles. The van der Waals surface area contributed by atoms with Gasteiger partial charge in [0.25, 0.3) is 5.91 Å². The van der Waals surface area contributed by atoms with Crippen LogP contribution in [0.4, 0.5) is 4.79 Å². The summed E-state index contributed by atoms with van der Waals surface area (Å²) in [5.41, 5.74) is 6.29. The summed E-state index contributed by atoms with van der Waals surface area (Å²) in [4.78, 5) is 50.6. The number of primary amides is 1. The first-order valence-corrected chi connectivity index (χ1v) is 13.3. The fourth-order valence-corrected chi connectivity index (χ4v) is 5.21. The molecule has 0 aromatic rings. The molecule has 0 spiro atoms. The lowest BCUT2D eigenvalue weighted by Crippen LogP contribution is -2.41. The summed E-state index contributed by atoms with van der Waals surface area (Å²) in [6.45, 7) is 7.17. The van der Waals surface area contributed by atoms with Crippen molar-refractivity contribution in [2.75, 3.05) is 28.4 Å². The average molecular weight is 575 g/mol. The minimum Gasteiger partial charge on any atom is -0.439 e. The third-order valence-electron chi connectivity index (χ3n) is 7.27. The third kappa shape index (κ3) is 8.80. The van der Waals surface area contributed by atoms with Crippen LogP contribution in [0, 0.1) is 11.8 Å². The summed E-state index contributed by atoms with van der Waals surface area (Å²) in [5, 5.41) is 2.54. The van der Waals surface area contributed by atoms with E-state index in [0.29, 0.717) is 12.0 Å². The van der Waals surface area contributed by atoms with Crippen LogP contribution in [0.5, 0.6) is 0 Å². The number of hydrogen-bond donors (Lipinski definition) is 2. The Morgan fingerprint density at radius 3 is 2.20 bits per heavy atom. The van der Waals surface area contributed by atoms with Gasteiger partial charge in [-0.2, -0.15) is 0 Å². The van der Waals surface area contributed by atoms with E-state index in [9.17, 15) is 19.2 Å². The first-order valence-electron chi connectivity index (χ1n) is 13.3. The Bertz CT molecular complexity index is 1150. The van der Waals surface area contributed by atoms with Crippen molar-refractivity contribution in [1.82, 2.24) is 5.32 Å². The van der Waals surface area contributed by atoms with Gasteiger partial charge in [0.15, 0.2) is 11.9 Å². The number of nitrogens with one attached hydrogen (secondary N) is 1. The molecule has 0 saturated heterocycles. The number of ether oxygens (including phenoxy) is 5. The first-order chi connectivity index (χ1) is 19.4. The molecule has 0 aromatic carbocycles. The zero-order chi connectivity index (χ0) is 30.9. The molecule has 41 heavy (non-hydrogen) atoms. The lowest BCUT2D eigenvalue weighted by Gasteiger charge is -2.34. The van der Waals surface area contributed by atoms with Gasteiger partial charge in [0.2, 0.25) is 5.78 Å². The maximum Gasteiger partial charge on any atom is 0.405 e.